The maximum Gasteiger partial charge on any atom is 0.311 e. The average Bonchev–Trinajstić information content (AvgIpc) is 3.25. The molecule has 3 rings (SSSR count). The summed E-state index contributed by atoms with van der Waals surface area (Å²) in [4.78, 5) is 41.9. The number of amides is 2. The minimum Gasteiger partial charge on any atom is -0.497 e. The van der Waals surface area contributed by atoms with Gasteiger partial charge < -0.3 is 20.1 Å². The summed E-state index contributed by atoms with van der Waals surface area (Å²) in [7, 11) is 1.55. The van der Waals surface area contributed by atoms with Crippen molar-refractivity contribution in [2.45, 2.75) is 30.4 Å². The van der Waals surface area contributed by atoms with Crippen LogP contribution in [0, 0.1) is 0 Å². The number of aromatic nitrogens is 1. The van der Waals surface area contributed by atoms with Crippen LogP contribution in [0.15, 0.2) is 58.8 Å². The van der Waals surface area contributed by atoms with E-state index < -0.39 is 5.25 Å². The van der Waals surface area contributed by atoms with E-state index in [0.717, 1.165) is 4.90 Å². The first kappa shape index (κ1) is 25.3. The molecule has 1 heterocycles. The van der Waals surface area contributed by atoms with Crippen molar-refractivity contribution in [3.63, 3.8) is 0 Å². The number of carbonyl (C=O) groups excluding carboxylic acids is 3. The first-order valence-electron chi connectivity index (χ1n) is 10.5. The number of thiazole rings is 1. The lowest BCUT2D eigenvalue weighted by Crippen LogP contribution is -2.22. The summed E-state index contributed by atoms with van der Waals surface area (Å²) in [5.74, 6) is -0.222. The molecular formula is C24H25N3O5S2. The summed E-state index contributed by atoms with van der Waals surface area (Å²) in [6.07, 6.45) is 0.0682. The van der Waals surface area contributed by atoms with Crippen molar-refractivity contribution in [3.05, 3.63) is 65.2 Å². The summed E-state index contributed by atoms with van der Waals surface area (Å²) < 4.78 is 10.1. The van der Waals surface area contributed by atoms with Gasteiger partial charge in [-0.15, -0.1) is 23.1 Å². The molecule has 0 aliphatic carbocycles. The highest BCUT2D eigenvalue weighted by Gasteiger charge is 2.17. The van der Waals surface area contributed by atoms with Gasteiger partial charge in [0.15, 0.2) is 5.13 Å². The highest BCUT2D eigenvalue weighted by Crippen LogP contribution is 2.27. The first-order chi connectivity index (χ1) is 16.4. The third-order valence-electron chi connectivity index (χ3n) is 4.52. The van der Waals surface area contributed by atoms with Gasteiger partial charge in [0.2, 0.25) is 5.91 Å². The van der Waals surface area contributed by atoms with Gasteiger partial charge in [0.25, 0.3) is 5.91 Å². The molecule has 0 saturated heterocycles. The Bertz CT molecular complexity index is 1160. The third-order valence-corrected chi connectivity index (χ3v) is 6.42. The van der Waals surface area contributed by atoms with E-state index in [1.165, 1.54) is 23.1 Å². The van der Waals surface area contributed by atoms with Gasteiger partial charge in [-0.05, 0) is 50.2 Å². The van der Waals surface area contributed by atoms with Gasteiger partial charge in [-0.25, -0.2) is 4.98 Å². The predicted octanol–water partition coefficient (Wildman–Crippen LogP) is 4.63. The highest BCUT2D eigenvalue weighted by molar-refractivity contribution is 8.00. The molecule has 2 N–H and O–H groups in total. The number of hydrogen-bond acceptors (Lipinski definition) is 8. The smallest absolute Gasteiger partial charge is 0.311 e. The molecule has 0 bridgehead atoms. The molecule has 3 aromatic rings. The van der Waals surface area contributed by atoms with Gasteiger partial charge in [0, 0.05) is 21.5 Å². The normalized spacial score (nSPS) is 11.4. The fourth-order valence-corrected chi connectivity index (χ4v) is 4.52. The molecule has 0 aliphatic heterocycles. The molecular weight excluding hydrogens is 474 g/mol. The Balaban J connectivity index is 1.56. The number of nitrogens with one attached hydrogen (secondary N) is 2. The van der Waals surface area contributed by atoms with Gasteiger partial charge in [-0.3, -0.25) is 14.4 Å². The minimum atomic E-state index is -0.415. The lowest BCUT2D eigenvalue weighted by Gasteiger charge is -2.12. The molecule has 2 aromatic carbocycles. The molecule has 0 saturated carbocycles. The van der Waals surface area contributed by atoms with Crippen LogP contribution < -0.4 is 15.4 Å². The topological polar surface area (TPSA) is 107 Å². The summed E-state index contributed by atoms with van der Waals surface area (Å²) in [6, 6.07) is 14.2. The second-order valence-electron chi connectivity index (χ2n) is 7.09. The molecule has 0 aliphatic rings. The van der Waals surface area contributed by atoms with E-state index >= 15 is 0 Å². The second kappa shape index (κ2) is 12.2. The number of benzene rings is 2. The van der Waals surface area contributed by atoms with Crippen LogP contribution in [0.1, 0.15) is 29.9 Å². The molecule has 1 unspecified atom stereocenters. The molecule has 1 atom stereocenters. The molecule has 0 spiro atoms. The van der Waals surface area contributed by atoms with Crippen LogP contribution in [-0.4, -0.2) is 41.7 Å². The number of methoxy groups -OCH3 is 1. The summed E-state index contributed by atoms with van der Waals surface area (Å²) in [5.41, 5.74) is 1.66. The number of nitrogens with zero attached hydrogens (tertiary/aromatic N) is 1. The van der Waals surface area contributed by atoms with E-state index in [0.29, 0.717) is 34.4 Å². The van der Waals surface area contributed by atoms with Crippen molar-refractivity contribution in [1.29, 1.82) is 0 Å². The van der Waals surface area contributed by atoms with E-state index in [-0.39, 0.29) is 24.2 Å². The number of anilines is 2. The van der Waals surface area contributed by atoms with Gasteiger partial charge >= 0.3 is 5.97 Å². The molecule has 0 fully saturated rings. The van der Waals surface area contributed by atoms with E-state index in [4.69, 9.17) is 9.47 Å². The Morgan fingerprint density at radius 2 is 1.91 bits per heavy atom. The standard InChI is InChI=1S/C24H25N3O5S2/c1-4-32-21(28)13-18-14-33-24(26-18)27-22(29)15(2)34-20-10-6-8-17(12-20)25-23(30)16-7-5-9-19(11-16)31-3/h5-12,14-15H,4,13H2,1-3H3,(H,25,30)(H,26,27,29). The zero-order valence-electron chi connectivity index (χ0n) is 19.0. The monoisotopic (exact) mass is 499 g/mol. The Kier molecular flexibility index (Phi) is 9.06. The van der Waals surface area contributed by atoms with Crippen LogP contribution in [0.2, 0.25) is 0 Å². The number of rotatable bonds is 10. The zero-order valence-corrected chi connectivity index (χ0v) is 20.6. The van der Waals surface area contributed by atoms with Crippen LogP contribution in [0.5, 0.6) is 5.75 Å². The van der Waals surface area contributed by atoms with Crippen LogP contribution in [0.25, 0.3) is 0 Å². The Morgan fingerprint density at radius 1 is 1.12 bits per heavy atom. The van der Waals surface area contributed by atoms with E-state index in [9.17, 15) is 14.4 Å². The van der Waals surface area contributed by atoms with Gasteiger partial charge in [0.1, 0.15) is 5.75 Å². The van der Waals surface area contributed by atoms with Crippen LogP contribution in [0.4, 0.5) is 10.8 Å². The van der Waals surface area contributed by atoms with E-state index in [1.807, 2.05) is 18.2 Å². The van der Waals surface area contributed by atoms with E-state index in [2.05, 4.69) is 15.6 Å². The maximum atomic E-state index is 12.6. The summed E-state index contributed by atoms with van der Waals surface area (Å²) in [5, 5.41) is 7.38. The second-order valence-corrected chi connectivity index (χ2v) is 9.36. The van der Waals surface area contributed by atoms with Crippen LogP contribution in [-0.2, 0) is 20.7 Å². The van der Waals surface area contributed by atoms with Crippen molar-refractivity contribution in [2.24, 2.45) is 0 Å². The first-order valence-corrected chi connectivity index (χ1v) is 12.3. The van der Waals surface area contributed by atoms with Crippen LogP contribution in [0.3, 0.4) is 0 Å². The molecule has 10 heteroatoms. The van der Waals surface area contributed by atoms with Gasteiger partial charge in [-0.1, -0.05) is 12.1 Å². The molecule has 0 radical (unpaired) electrons. The highest BCUT2D eigenvalue weighted by atomic mass is 32.2. The SMILES string of the molecule is CCOC(=O)Cc1csc(NC(=O)C(C)Sc2cccc(NC(=O)c3cccc(OC)c3)c2)n1. The number of thioether (sulfide) groups is 1. The van der Waals surface area contributed by atoms with Crippen molar-refractivity contribution in [3.8, 4) is 5.75 Å². The number of carbonyl (C=O) groups is 3. The lowest BCUT2D eigenvalue weighted by molar-refractivity contribution is -0.142. The van der Waals surface area contributed by atoms with Crippen molar-refractivity contribution >= 4 is 51.7 Å². The molecule has 34 heavy (non-hydrogen) atoms. The largest absolute Gasteiger partial charge is 0.497 e. The molecule has 8 nitrogen and oxygen atoms in total. The Hall–Kier alpha value is -3.37. The summed E-state index contributed by atoms with van der Waals surface area (Å²) in [6.45, 7) is 3.84. The fraction of sp³-hybridized carbons (Fsp3) is 0.250. The Labute approximate surface area is 206 Å². The molecule has 1 aromatic heterocycles. The van der Waals surface area contributed by atoms with Crippen molar-refractivity contribution in [1.82, 2.24) is 4.98 Å². The van der Waals surface area contributed by atoms with Crippen molar-refractivity contribution in [2.75, 3.05) is 24.4 Å². The van der Waals surface area contributed by atoms with Crippen molar-refractivity contribution < 1.29 is 23.9 Å². The average molecular weight is 500 g/mol. The van der Waals surface area contributed by atoms with E-state index in [1.54, 1.807) is 56.7 Å². The minimum absolute atomic E-state index is 0.0682. The predicted molar refractivity (Wildman–Crippen MR) is 134 cm³/mol. The van der Waals surface area contributed by atoms with Gasteiger partial charge in [-0.2, -0.15) is 0 Å². The Morgan fingerprint density at radius 3 is 2.68 bits per heavy atom. The third kappa shape index (κ3) is 7.32. The number of hydrogen-bond donors (Lipinski definition) is 2. The zero-order chi connectivity index (χ0) is 24.5. The number of esters is 1. The number of ether oxygens (including phenoxy) is 2. The van der Waals surface area contributed by atoms with Gasteiger partial charge in [0.05, 0.1) is 31.1 Å². The van der Waals surface area contributed by atoms with Crippen LogP contribution >= 0.6 is 23.1 Å². The molecule has 178 valence electrons. The molecule has 2 amide bonds. The fourth-order valence-electron chi connectivity index (χ4n) is 2.88. The maximum absolute atomic E-state index is 12.6. The lowest BCUT2D eigenvalue weighted by atomic mass is 10.2. The summed E-state index contributed by atoms with van der Waals surface area (Å²) >= 11 is 2.61. The quantitative estimate of drug-likeness (QED) is 0.309.